The summed E-state index contributed by atoms with van der Waals surface area (Å²) in [6.07, 6.45) is 3.28. The van der Waals surface area contributed by atoms with Crippen molar-refractivity contribution >= 4 is 11.6 Å². The number of carbonyl (C=O) groups excluding carboxylic acids is 1. The average Bonchev–Trinajstić information content (AvgIpc) is 3.15. The number of amides is 1. The fourth-order valence-corrected chi connectivity index (χ4v) is 3.95. The summed E-state index contributed by atoms with van der Waals surface area (Å²) in [5, 5.41) is 3.12. The Morgan fingerprint density at radius 2 is 2.00 bits per heavy atom. The fourth-order valence-electron chi connectivity index (χ4n) is 3.95. The van der Waals surface area contributed by atoms with E-state index < -0.39 is 0 Å². The Bertz CT molecular complexity index is 1200. The largest absolute Gasteiger partial charge is 0.330 e. The molecule has 8 heteroatoms. The van der Waals surface area contributed by atoms with E-state index >= 15 is 0 Å². The normalized spacial score (nSPS) is 17.1. The van der Waals surface area contributed by atoms with Gasteiger partial charge in [0.05, 0.1) is 11.7 Å². The minimum Gasteiger partial charge on any atom is -0.330 e. The van der Waals surface area contributed by atoms with Crippen molar-refractivity contribution in [2.24, 2.45) is 0 Å². The second-order valence-corrected chi connectivity index (χ2v) is 7.67. The number of fused-ring (bicyclic) bond motifs is 1. The second-order valence-electron chi connectivity index (χ2n) is 7.67. The molecule has 1 aliphatic rings. The van der Waals surface area contributed by atoms with E-state index in [1.807, 2.05) is 26.8 Å². The number of nitrogens with zero attached hydrogens (tertiary/aromatic N) is 3. The summed E-state index contributed by atoms with van der Waals surface area (Å²) in [6.45, 7) is 6.20. The zero-order valence-corrected chi connectivity index (χ0v) is 16.9. The number of nitrogens with one attached hydrogen (secondary N) is 2. The van der Waals surface area contributed by atoms with Gasteiger partial charge in [0.15, 0.2) is 5.65 Å². The van der Waals surface area contributed by atoms with Crippen LogP contribution in [-0.2, 0) is 6.42 Å². The Hall–Kier alpha value is -3.16. The lowest BCUT2D eigenvalue weighted by Gasteiger charge is -2.35. The van der Waals surface area contributed by atoms with Gasteiger partial charge in [0.2, 0.25) is 0 Å². The topological polar surface area (TPSA) is 103 Å². The highest BCUT2D eigenvalue weighted by Gasteiger charge is 2.31. The van der Waals surface area contributed by atoms with E-state index in [4.69, 9.17) is 0 Å². The van der Waals surface area contributed by atoms with Crippen molar-refractivity contribution in [2.75, 3.05) is 6.54 Å². The smallest absolute Gasteiger partial charge is 0.272 e. The first kappa shape index (κ1) is 19.2. The van der Waals surface area contributed by atoms with Crippen molar-refractivity contribution in [1.82, 2.24) is 24.5 Å². The number of carbonyl (C=O) groups is 1. The summed E-state index contributed by atoms with van der Waals surface area (Å²) >= 11 is 0. The average molecular weight is 395 g/mol. The van der Waals surface area contributed by atoms with Gasteiger partial charge < -0.3 is 9.88 Å². The Kier molecular flexibility index (Phi) is 4.86. The molecule has 1 atom stereocenters. The Morgan fingerprint density at radius 3 is 2.76 bits per heavy atom. The third kappa shape index (κ3) is 3.39. The van der Waals surface area contributed by atoms with Gasteiger partial charge in [-0.2, -0.15) is 0 Å². The van der Waals surface area contributed by atoms with Gasteiger partial charge in [0, 0.05) is 30.1 Å². The van der Waals surface area contributed by atoms with Crippen LogP contribution in [0.15, 0.2) is 27.8 Å². The van der Waals surface area contributed by atoms with Crippen LogP contribution in [0.5, 0.6) is 0 Å². The maximum Gasteiger partial charge on any atom is 0.272 e. The molecule has 1 saturated heterocycles. The number of pyridine rings is 1. The van der Waals surface area contributed by atoms with E-state index in [-0.39, 0.29) is 28.6 Å². The number of piperidine rings is 1. The minimum absolute atomic E-state index is 0.152. The summed E-state index contributed by atoms with van der Waals surface area (Å²) < 4.78 is 1.41. The molecule has 29 heavy (non-hydrogen) atoms. The van der Waals surface area contributed by atoms with Crippen LogP contribution in [0.25, 0.3) is 5.65 Å². The summed E-state index contributed by atoms with van der Waals surface area (Å²) in [7, 11) is 0. The summed E-state index contributed by atoms with van der Waals surface area (Å²) in [5.41, 5.74) is 3.28. The van der Waals surface area contributed by atoms with E-state index in [1.165, 1.54) is 10.6 Å². The summed E-state index contributed by atoms with van der Waals surface area (Å²) in [6, 6.07) is 4.78. The van der Waals surface area contributed by atoms with Crippen molar-refractivity contribution in [3.63, 3.8) is 0 Å². The molecule has 1 amide bonds. The lowest BCUT2D eigenvalue weighted by Crippen LogP contribution is -2.41. The highest BCUT2D eigenvalue weighted by Crippen LogP contribution is 2.31. The molecule has 1 fully saturated rings. The van der Waals surface area contributed by atoms with Crippen LogP contribution in [0, 0.1) is 13.8 Å². The number of rotatable bonds is 3. The highest BCUT2D eigenvalue weighted by atomic mass is 16.2. The second kappa shape index (κ2) is 7.35. The van der Waals surface area contributed by atoms with Crippen LogP contribution in [0.4, 0.5) is 0 Å². The standard InChI is InChI=1S/C21H25N5O3/c1-4-14-10-19(27)26-18(23-14)11-16(24-26)17-7-5-6-8-25(17)21(29)15-9-12(2)13(3)22-20(15)28/h9-11,17,24H,4-8H2,1-3H3,(H,22,28)/t17-/m1/s1. The number of aromatic amines is 2. The van der Waals surface area contributed by atoms with Gasteiger partial charge in [-0.05, 0) is 51.2 Å². The highest BCUT2D eigenvalue weighted by molar-refractivity contribution is 5.94. The van der Waals surface area contributed by atoms with Crippen molar-refractivity contribution in [1.29, 1.82) is 0 Å². The van der Waals surface area contributed by atoms with Crippen LogP contribution < -0.4 is 11.1 Å². The van der Waals surface area contributed by atoms with Crippen molar-refractivity contribution in [2.45, 2.75) is 52.5 Å². The monoisotopic (exact) mass is 395 g/mol. The minimum atomic E-state index is -0.371. The molecule has 4 heterocycles. The molecule has 152 valence electrons. The maximum atomic E-state index is 13.3. The van der Waals surface area contributed by atoms with Crippen LogP contribution in [-0.4, -0.2) is 36.9 Å². The fraction of sp³-hybridized carbons (Fsp3) is 0.429. The molecule has 0 aromatic carbocycles. The lowest BCUT2D eigenvalue weighted by atomic mass is 9.98. The van der Waals surface area contributed by atoms with Gasteiger partial charge in [-0.15, -0.1) is 0 Å². The number of hydrogen-bond acceptors (Lipinski definition) is 4. The molecule has 3 aromatic rings. The zero-order valence-electron chi connectivity index (χ0n) is 16.9. The molecule has 0 aliphatic carbocycles. The molecule has 0 spiro atoms. The van der Waals surface area contributed by atoms with E-state index in [0.717, 1.165) is 41.9 Å². The van der Waals surface area contributed by atoms with E-state index in [2.05, 4.69) is 15.1 Å². The molecule has 0 bridgehead atoms. The van der Waals surface area contributed by atoms with Crippen molar-refractivity contribution < 1.29 is 4.79 Å². The van der Waals surface area contributed by atoms with Gasteiger partial charge in [-0.1, -0.05) is 6.92 Å². The summed E-state index contributed by atoms with van der Waals surface area (Å²) in [4.78, 5) is 47.0. The predicted octanol–water partition coefficient (Wildman–Crippen LogP) is 2.26. The maximum absolute atomic E-state index is 13.3. The number of aromatic nitrogens is 4. The molecule has 1 aliphatic heterocycles. The van der Waals surface area contributed by atoms with Gasteiger partial charge in [0.1, 0.15) is 5.56 Å². The first-order valence-corrected chi connectivity index (χ1v) is 10.0. The molecule has 4 rings (SSSR count). The quantitative estimate of drug-likeness (QED) is 0.710. The van der Waals surface area contributed by atoms with Crippen LogP contribution in [0.2, 0.25) is 0 Å². The van der Waals surface area contributed by atoms with Crippen LogP contribution >= 0.6 is 0 Å². The van der Waals surface area contributed by atoms with Crippen molar-refractivity contribution in [3.8, 4) is 0 Å². The molecule has 8 nitrogen and oxygen atoms in total. The van der Waals surface area contributed by atoms with Crippen LogP contribution in [0.3, 0.4) is 0 Å². The zero-order chi connectivity index (χ0) is 20.7. The molecular formula is C21H25N5O3. The van der Waals surface area contributed by atoms with Gasteiger partial charge in [-0.3, -0.25) is 19.5 Å². The number of aryl methyl sites for hydroxylation is 3. The predicted molar refractivity (Wildman–Crippen MR) is 109 cm³/mol. The van der Waals surface area contributed by atoms with E-state index in [1.54, 1.807) is 11.0 Å². The van der Waals surface area contributed by atoms with Crippen LogP contribution in [0.1, 0.15) is 65.2 Å². The Morgan fingerprint density at radius 1 is 1.21 bits per heavy atom. The van der Waals surface area contributed by atoms with Gasteiger partial charge in [0.25, 0.3) is 17.0 Å². The molecule has 2 N–H and O–H groups in total. The molecule has 3 aromatic heterocycles. The lowest BCUT2D eigenvalue weighted by molar-refractivity contribution is 0.0603. The molecule has 0 unspecified atom stereocenters. The third-order valence-corrected chi connectivity index (χ3v) is 5.74. The van der Waals surface area contributed by atoms with Gasteiger partial charge >= 0.3 is 0 Å². The van der Waals surface area contributed by atoms with E-state index in [9.17, 15) is 14.4 Å². The van der Waals surface area contributed by atoms with E-state index in [0.29, 0.717) is 18.6 Å². The summed E-state index contributed by atoms with van der Waals surface area (Å²) in [5.74, 6) is -0.285. The Balaban J connectivity index is 1.75. The first-order valence-electron chi connectivity index (χ1n) is 10.0. The number of hydrogen-bond donors (Lipinski definition) is 2. The SMILES string of the molecule is CCc1cc(=O)n2[nH]c([C@H]3CCCCN3C(=O)c3cc(C)c(C)[nH]c3=O)cc2n1. The van der Waals surface area contributed by atoms with Gasteiger partial charge in [-0.25, -0.2) is 9.50 Å². The molecule has 0 saturated carbocycles. The first-order chi connectivity index (χ1) is 13.9. The van der Waals surface area contributed by atoms with Crippen molar-refractivity contribution in [3.05, 3.63) is 67.1 Å². The Labute approximate surface area is 167 Å². The molecular weight excluding hydrogens is 370 g/mol. The number of H-pyrrole nitrogens is 2. The number of likely N-dealkylation sites (tertiary alicyclic amines) is 1. The third-order valence-electron chi connectivity index (χ3n) is 5.74. The molecule has 0 radical (unpaired) electrons.